The van der Waals surface area contributed by atoms with Crippen LogP contribution in [0.25, 0.3) is 0 Å². The van der Waals surface area contributed by atoms with Crippen molar-refractivity contribution in [1.82, 2.24) is 19.6 Å². The fraction of sp³-hybridized carbons (Fsp3) is 0.714. The Bertz CT molecular complexity index is 458. The average Bonchev–Trinajstić information content (AvgIpc) is 2.80. The maximum atomic E-state index is 12.5. The van der Waals surface area contributed by atoms with Crippen LogP contribution < -0.4 is 5.73 Å². The normalized spacial score (nSPS) is 18.3. The van der Waals surface area contributed by atoms with E-state index in [4.69, 9.17) is 5.73 Å². The van der Waals surface area contributed by atoms with Gasteiger partial charge < -0.3 is 10.6 Å². The molecule has 0 spiro atoms. The minimum Gasteiger partial charge on any atom is -0.336 e. The van der Waals surface area contributed by atoms with Gasteiger partial charge >= 0.3 is 0 Å². The summed E-state index contributed by atoms with van der Waals surface area (Å²) in [5, 5.41) is 4.14. The molecule has 0 aliphatic carbocycles. The van der Waals surface area contributed by atoms with Gasteiger partial charge in [0.05, 0.1) is 11.8 Å². The molecule has 2 heterocycles. The summed E-state index contributed by atoms with van der Waals surface area (Å²) in [5.74, 6) is 0.0936. The molecule has 1 aliphatic rings. The molecular weight excluding hydrogens is 254 g/mol. The third-order valence-electron chi connectivity index (χ3n) is 4.33. The minimum absolute atomic E-state index is 0.0936. The maximum Gasteiger partial charge on any atom is 0.257 e. The van der Waals surface area contributed by atoms with Crippen LogP contribution in [0, 0.1) is 6.92 Å². The first-order valence-electron chi connectivity index (χ1n) is 7.30. The highest BCUT2D eigenvalue weighted by molar-refractivity contribution is 5.95. The molecule has 0 radical (unpaired) electrons. The molecule has 0 saturated carbocycles. The van der Waals surface area contributed by atoms with Crippen molar-refractivity contribution in [3.05, 3.63) is 17.5 Å². The predicted molar refractivity (Wildman–Crippen MR) is 78.6 cm³/mol. The number of hydrogen-bond donors (Lipinski definition) is 1. The Morgan fingerprint density at radius 3 is 2.50 bits per heavy atom. The number of piperazine rings is 1. The van der Waals surface area contributed by atoms with Crippen LogP contribution >= 0.6 is 0 Å². The van der Waals surface area contributed by atoms with Crippen LogP contribution in [-0.4, -0.2) is 64.3 Å². The summed E-state index contributed by atoms with van der Waals surface area (Å²) in [6, 6.07) is 0.437. The molecule has 1 amide bonds. The van der Waals surface area contributed by atoms with Gasteiger partial charge in [-0.15, -0.1) is 0 Å². The van der Waals surface area contributed by atoms with E-state index >= 15 is 0 Å². The van der Waals surface area contributed by atoms with Crippen LogP contribution in [0.5, 0.6) is 0 Å². The zero-order chi connectivity index (χ0) is 14.7. The summed E-state index contributed by atoms with van der Waals surface area (Å²) >= 11 is 0. The maximum absolute atomic E-state index is 12.5. The Kier molecular flexibility index (Phi) is 4.77. The minimum atomic E-state index is 0.0936. The average molecular weight is 279 g/mol. The van der Waals surface area contributed by atoms with Crippen LogP contribution in [0.2, 0.25) is 0 Å². The molecule has 2 rings (SSSR count). The Morgan fingerprint density at radius 2 is 2.05 bits per heavy atom. The summed E-state index contributed by atoms with van der Waals surface area (Å²) < 4.78 is 1.74. The molecule has 0 bridgehead atoms. The highest BCUT2D eigenvalue weighted by atomic mass is 16.2. The number of nitrogens with zero attached hydrogens (tertiary/aromatic N) is 4. The molecule has 0 aromatic carbocycles. The largest absolute Gasteiger partial charge is 0.336 e. The first-order chi connectivity index (χ1) is 9.58. The summed E-state index contributed by atoms with van der Waals surface area (Å²) in [5.41, 5.74) is 7.43. The summed E-state index contributed by atoms with van der Waals surface area (Å²) in [7, 11) is 1.86. The molecule has 2 N–H and O–H groups in total. The SMILES string of the molecule is CCC(CN)N1CCN(C(=O)c2cnn(C)c2C)CC1. The van der Waals surface area contributed by atoms with Gasteiger partial charge in [0.25, 0.3) is 5.91 Å². The Balaban J connectivity index is 1.97. The first kappa shape index (κ1) is 15.0. The van der Waals surface area contributed by atoms with Crippen LogP contribution in [-0.2, 0) is 7.05 Å². The number of aryl methyl sites for hydroxylation is 1. The number of hydrogen-bond acceptors (Lipinski definition) is 4. The lowest BCUT2D eigenvalue weighted by molar-refractivity contribution is 0.0570. The second kappa shape index (κ2) is 6.37. The van der Waals surface area contributed by atoms with Gasteiger partial charge in [0.15, 0.2) is 0 Å². The van der Waals surface area contributed by atoms with Gasteiger partial charge in [0, 0.05) is 51.5 Å². The number of carbonyl (C=O) groups is 1. The van der Waals surface area contributed by atoms with Gasteiger partial charge in [0.1, 0.15) is 0 Å². The van der Waals surface area contributed by atoms with Crippen molar-refractivity contribution in [2.75, 3.05) is 32.7 Å². The van der Waals surface area contributed by atoms with E-state index in [2.05, 4.69) is 16.9 Å². The van der Waals surface area contributed by atoms with Crippen molar-refractivity contribution in [1.29, 1.82) is 0 Å². The van der Waals surface area contributed by atoms with Gasteiger partial charge in [0.2, 0.25) is 0 Å². The van der Waals surface area contributed by atoms with Gasteiger partial charge in [-0.2, -0.15) is 5.10 Å². The van der Waals surface area contributed by atoms with Crippen molar-refractivity contribution in [2.45, 2.75) is 26.3 Å². The molecule has 1 aromatic rings. The molecule has 1 atom stereocenters. The fourth-order valence-corrected chi connectivity index (χ4v) is 2.74. The number of carbonyl (C=O) groups excluding carboxylic acids is 1. The zero-order valence-corrected chi connectivity index (χ0v) is 12.7. The van der Waals surface area contributed by atoms with Crippen molar-refractivity contribution in [3.63, 3.8) is 0 Å². The van der Waals surface area contributed by atoms with E-state index in [1.165, 1.54) is 0 Å². The zero-order valence-electron chi connectivity index (χ0n) is 12.7. The standard InChI is InChI=1S/C14H25N5O/c1-4-12(9-15)18-5-7-19(8-6-18)14(20)13-10-16-17(3)11(13)2/h10,12H,4-9,15H2,1-3H3. The molecular formula is C14H25N5O. The van der Waals surface area contributed by atoms with Crippen LogP contribution in [0.3, 0.4) is 0 Å². The molecule has 1 fully saturated rings. The third kappa shape index (κ3) is 2.86. The van der Waals surface area contributed by atoms with E-state index in [0.717, 1.165) is 38.3 Å². The number of nitrogens with two attached hydrogens (primary N) is 1. The predicted octanol–water partition coefficient (Wildman–Crippen LogP) is 0.224. The topological polar surface area (TPSA) is 67.4 Å². The highest BCUT2D eigenvalue weighted by Gasteiger charge is 2.26. The van der Waals surface area contributed by atoms with E-state index in [0.29, 0.717) is 18.2 Å². The Morgan fingerprint density at radius 1 is 1.40 bits per heavy atom. The van der Waals surface area contributed by atoms with Crippen molar-refractivity contribution >= 4 is 5.91 Å². The van der Waals surface area contributed by atoms with Gasteiger partial charge in [-0.05, 0) is 13.3 Å². The fourth-order valence-electron chi connectivity index (χ4n) is 2.74. The van der Waals surface area contributed by atoms with E-state index in [9.17, 15) is 4.79 Å². The van der Waals surface area contributed by atoms with Crippen molar-refractivity contribution in [3.8, 4) is 0 Å². The quantitative estimate of drug-likeness (QED) is 0.856. The Hall–Kier alpha value is -1.40. The van der Waals surface area contributed by atoms with E-state index < -0.39 is 0 Å². The molecule has 1 saturated heterocycles. The van der Waals surface area contributed by atoms with E-state index in [1.807, 2.05) is 18.9 Å². The molecule has 20 heavy (non-hydrogen) atoms. The molecule has 1 aromatic heterocycles. The van der Waals surface area contributed by atoms with Crippen LogP contribution in [0.4, 0.5) is 0 Å². The molecule has 6 heteroatoms. The van der Waals surface area contributed by atoms with Crippen molar-refractivity contribution in [2.24, 2.45) is 12.8 Å². The van der Waals surface area contributed by atoms with Crippen LogP contribution in [0.15, 0.2) is 6.20 Å². The smallest absolute Gasteiger partial charge is 0.257 e. The second-order valence-corrected chi connectivity index (χ2v) is 5.39. The lowest BCUT2D eigenvalue weighted by atomic mass is 10.1. The van der Waals surface area contributed by atoms with E-state index in [1.54, 1.807) is 10.9 Å². The van der Waals surface area contributed by atoms with Crippen LogP contribution in [0.1, 0.15) is 29.4 Å². The number of aromatic nitrogens is 2. The molecule has 1 aliphatic heterocycles. The summed E-state index contributed by atoms with van der Waals surface area (Å²) in [6.45, 7) is 8.12. The van der Waals surface area contributed by atoms with Gasteiger partial charge in [-0.1, -0.05) is 6.92 Å². The van der Waals surface area contributed by atoms with E-state index in [-0.39, 0.29) is 5.91 Å². The summed E-state index contributed by atoms with van der Waals surface area (Å²) in [6.07, 6.45) is 2.73. The summed E-state index contributed by atoms with van der Waals surface area (Å²) in [4.78, 5) is 16.8. The molecule has 112 valence electrons. The number of rotatable bonds is 4. The lowest BCUT2D eigenvalue weighted by Crippen LogP contribution is -2.53. The monoisotopic (exact) mass is 279 g/mol. The molecule has 6 nitrogen and oxygen atoms in total. The van der Waals surface area contributed by atoms with Gasteiger partial charge in [-0.25, -0.2) is 0 Å². The molecule has 1 unspecified atom stereocenters. The highest BCUT2D eigenvalue weighted by Crippen LogP contribution is 2.14. The first-order valence-corrected chi connectivity index (χ1v) is 7.30. The second-order valence-electron chi connectivity index (χ2n) is 5.39. The Labute approximate surface area is 120 Å². The third-order valence-corrected chi connectivity index (χ3v) is 4.33. The van der Waals surface area contributed by atoms with Crippen molar-refractivity contribution < 1.29 is 4.79 Å². The number of amides is 1. The van der Waals surface area contributed by atoms with Gasteiger partial charge in [-0.3, -0.25) is 14.4 Å². The lowest BCUT2D eigenvalue weighted by Gasteiger charge is -2.38.